The maximum absolute atomic E-state index is 16.0. The molecule has 0 unspecified atom stereocenters. The molecule has 4 aromatic rings. The normalized spacial score (nSPS) is 16.9. The maximum Gasteiger partial charge on any atom is 0.355 e. The minimum absolute atomic E-state index is 0.0703. The van der Waals surface area contributed by atoms with Crippen LogP contribution in [0.15, 0.2) is 54.0 Å². The molecular formula is C31H32F2N8O4S. The first kappa shape index (κ1) is 31.1. The zero-order valence-electron chi connectivity index (χ0n) is 25.4. The Kier molecular flexibility index (Phi) is 7.74. The van der Waals surface area contributed by atoms with E-state index in [0.717, 1.165) is 21.0 Å². The van der Waals surface area contributed by atoms with Crippen LogP contribution in [0.25, 0.3) is 28.0 Å². The molecule has 1 atom stereocenters. The van der Waals surface area contributed by atoms with Crippen molar-refractivity contribution in [3.63, 3.8) is 0 Å². The smallest absolute Gasteiger partial charge is 0.355 e. The Bertz CT molecular complexity index is 2060. The van der Waals surface area contributed by atoms with Crippen molar-refractivity contribution in [2.45, 2.75) is 38.0 Å². The Morgan fingerprint density at radius 2 is 1.89 bits per heavy atom. The van der Waals surface area contributed by atoms with Crippen molar-refractivity contribution in [3.8, 4) is 16.9 Å². The highest BCUT2D eigenvalue weighted by atomic mass is 32.2. The molecule has 2 fully saturated rings. The Hall–Kier alpha value is -4.92. The number of pyridine rings is 2. The van der Waals surface area contributed by atoms with Crippen LogP contribution < -0.4 is 20.6 Å². The SMILES string of the molecule is C=CC(=O)N1CCN(c2nc(=O)n(-c3c(N(C)S(=O)(=O)C4CC4)ccnc3C)c3nc(-c4c(N)cccc4F)c(F)cc23)[C@@H](C)C1. The summed E-state index contributed by atoms with van der Waals surface area (Å²) in [5, 5.41) is -0.447. The molecule has 1 aliphatic heterocycles. The summed E-state index contributed by atoms with van der Waals surface area (Å²) in [5.74, 6) is -1.87. The molecule has 15 heteroatoms. The van der Waals surface area contributed by atoms with Crippen LogP contribution in [0, 0.1) is 18.6 Å². The molecule has 0 spiro atoms. The molecule has 4 heterocycles. The highest BCUT2D eigenvalue weighted by molar-refractivity contribution is 7.93. The van der Waals surface area contributed by atoms with Crippen LogP contribution in [0.3, 0.4) is 0 Å². The second kappa shape index (κ2) is 11.5. The van der Waals surface area contributed by atoms with Gasteiger partial charge in [0.2, 0.25) is 15.9 Å². The lowest BCUT2D eigenvalue weighted by Crippen LogP contribution is -2.54. The fourth-order valence-electron chi connectivity index (χ4n) is 5.90. The Labute approximate surface area is 263 Å². The second-order valence-corrected chi connectivity index (χ2v) is 13.7. The topological polar surface area (TPSA) is 148 Å². The summed E-state index contributed by atoms with van der Waals surface area (Å²) in [6, 6.07) is 6.14. The van der Waals surface area contributed by atoms with E-state index in [2.05, 4.69) is 21.5 Å². The predicted octanol–water partition coefficient (Wildman–Crippen LogP) is 3.16. The number of halogens is 2. The summed E-state index contributed by atoms with van der Waals surface area (Å²) in [4.78, 5) is 43.0. The van der Waals surface area contributed by atoms with Gasteiger partial charge in [0.15, 0.2) is 11.5 Å². The number of sulfonamides is 1. The number of nitrogens with two attached hydrogens (primary N) is 1. The highest BCUT2D eigenvalue weighted by Crippen LogP contribution is 2.38. The molecule has 0 bridgehead atoms. The van der Waals surface area contributed by atoms with E-state index in [1.165, 1.54) is 37.5 Å². The van der Waals surface area contributed by atoms with Gasteiger partial charge in [-0.2, -0.15) is 4.98 Å². The number of piperazine rings is 1. The van der Waals surface area contributed by atoms with Crippen LogP contribution in [0.2, 0.25) is 0 Å². The number of hydrogen-bond donors (Lipinski definition) is 1. The molecule has 6 rings (SSSR count). The van der Waals surface area contributed by atoms with Crippen LogP contribution in [0.1, 0.15) is 25.5 Å². The zero-order valence-corrected chi connectivity index (χ0v) is 26.3. The van der Waals surface area contributed by atoms with Gasteiger partial charge in [-0.15, -0.1) is 0 Å². The quantitative estimate of drug-likeness (QED) is 0.235. The molecule has 1 amide bonds. The lowest BCUT2D eigenvalue weighted by atomic mass is 10.1. The van der Waals surface area contributed by atoms with Crippen LogP contribution in [-0.4, -0.2) is 76.7 Å². The van der Waals surface area contributed by atoms with Crippen LogP contribution in [-0.2, 0) is 14.8 Å². The number of carbonyl (C=O) groups excluding carboxylic acids is 1. The van der Waals surface area contributed by atoms with E-state index < -0.39 is 38.3 Å². The lowest BCUT2D eigenvalue weighted by molar-refractivity contribution is -0.126. The van der Waals surface area contributed by atoms with E-state index in [1.54, 1.807) is 16.7 Å². The van der Waals surface area contributed by atoms with E-state index >= 15 is 8.78 Å². The first-order valence-electron chi connectivity index (χ1n) is 14.6. The first-order chi connectivity index (χ1) is 21.8. The fraction of sp³-hybridized carbons (Fsp3) is 0.323. The summed E-state index contributed by atoms with van der Waals surface area (Å²) < 4.78 is 60.0. The van der Waals surface area contributed by atoms with Gasteiger partial charge in [0.25, 0.3) is 0 Å². The molecule has 46 heavy (non-hydrogen) atoms. The molecule has 3 aromatic heterocycles. The van der Waals surface area contributed by atoms with Crippen LogP contribution >= 0.6 is 0 Å². The van der Waals surface area contributed by atoms with Gasteiger partial charge in [-0.05, 0) is 57.0 Å². The summed E-state index contributed by atoms with van der Waals surface area (Å²) >= 11 is 0. The van der Waals surface area contributed by atoms with Crippen molar-refractivity contribution in [3.05, 3.63) is 77.0 Å². The van der Waals surface area contributed by atoms with Crippen LogP contribution in [0.4, 0.5) is 26.0 Å². The number of rotatable bonds is 7. The van der Waals surface area contributed by atoms with Gasteiger partial charge < -0.3 is 15.5 Å². The second-order valence-electron chi connectivity index (χ2n) is 11.5. The number of amides is 1. The van der Waals surface area contributed by atoms with Gasteiger partial charge in [0.1, 0.15) is 17.3 Å². The van der Waals surface area contributed by atoms with Gasteiger partial charge in [-0.1, -0.05) is 12.6 Å². The van der Waals surface area contributed by atoms with E-state index in [-0.39, 0.29) is 76.8 Å². The number of anilines is 3. The minimum Gasteiger partial charge on any atom is -0.398 e. The van der Waals surface area contributed by atoms with Crippen molar-refractivity contribution in [1.29, 1.82) is 0 Å². The number of nitrogens with zero attached hydrogens (tertiary/aromatic N) is 7. The predicted molar refractivity (Wildman–Crippen MR) is 171 cm³/mol. The minimum atomic E-state index is -3.77. The third-order valence-electron chi connectivity index (χ3n) is 8.45. The fourth-order valence-corrected chi connectivity index (χ4v) is 7.50. The summed E-state index contributed by atoms with van der Waals surface area (Å²) in [7, 11) is -2.38. The van der Waals surface area contributed by atoms with Gasteiger partial charge in [0, 0.05) is 44.6 Å². The molecule has 1 aromatic carbocycles. The van der Waals surface area contributed by atoms with Crippen molar-refractivity contribution in [2.75, 3.05) is 41.6 Å². The van der Waals surface area contributed by atoms with Gasteiger partial charge in [0.05, 0.1) is 33.3 Å². The molecule has 2 N–H and O–H groups in total. The van der Waals surface area contributed by atoms with Crippen molar-refractivity contribution < 1.29 is 22.0 Å². The van der Waals surface area contributed by atoms with E-state index in [9.17, 15) is 18.0 Å². The van der Waals surface area contributed by atoms with E-state index in [0.29, 0.717) is 12.8 Å². The number of fused-ring (bicyclic) bond motifs is 1. The Morgan fingerprint density at radius 3 is 2.54 bits per heavy atom. The van der Waals surface area contributed by atoms with E-state index in [1.807, 2.05) is 6.92 Å². The third-order valence-corrected chi connectivity index (χ3v) is 10.7. The average Bonchev–Trinajstić information content (AvgIpc) is 3.87. The standard InChI is InChI=1S/C31H32F2N8O4S/c1-5-25(42)39-13-14-40(17(2)16-39)29-20-15-22(33)27(26-21(32)7-6-8-23(26)34)36-30(20)41(31(43)37-29)28-18(3)35-12-11-24(28)38(4)46(44,45)19-9-10-19/h5-8,11-12,15,17,19H,1,9-10,13-14,16,34H2,2-4H3/t17-/m0/s1. The van der Waals surface area contributed by atoms with Crippen molar-refractivity contribution in [2.24, 2.45) is 0 Å². The van der Waals surface area contributed by atoms with Gasteiger partial charge >= 0.3 is 5.69 Å². The third kappa shape index (κ3) is 5.13. The van der Waals surface area contributed by atoms with E-state index in [4.69, 9.17) is 5.73 Å². The summed E-state index contributed by atoms with van der Waals surface area (Å²) in [6.07, 6.45) is 3.68. The number of hydrogen-bond acceptors (Lipinski definition) is 9. The zero-order chi connectivity index (χ0) is 33.1. The summed E-state index contributed by atoms with van der Waals surface area (Å²) in [6.45, 7) is 7.81. The molecule has 1 saturated heterocycles. The van der Waals surface area contributed by atoms with Crippen molar-refractivity contribution >= 4 is 44.2 Å². The summed E-state index contributed by atoms with van der Waals surface area (Å²) in [5.41, 5.74) is 4.80. The first-order valence-corrected chi connectivity index (χ1v) is 16.1. The lowest BCUT2D eigenvalue weighted by Gasteiger charge is -2.40. The van der Waals surface area contributed by atoms with Gasteiger partial charge in [-0.3, -0.25) is 14.1 Å². The Morgan fingerprint density at radius 1 is 1.15 bits per heavy atom. The average molecular weight is 651 g/mol. The molecule has 1 saturated carbocycles. The molecular weight excluding hydrogens is 618 g/mol. The molecule has 12 nitrogen and oxygen atoms in total. The number of benzene rings is 1. The molecule has 240 valence electrons. The number of nitrogen functional groups attached to an aromatic ring is 1. The number of carbonyl (C=O) groups is 1. The molecule has 0 radical (unpaired) electrons. The van der Waals surface area contributed by atoms with Crippen LogP contribution in [0.5, 0.6) is 0 Å². The number of aryl methyl sites for hydroxylation is 1. The van der Waals surface area contributed by atoms with Gasteiger partial charge in [-0.25, -0.2) is 31.5 Å². The highest BCUT2D eigenvalue weighted by Gasteiger charge is 2.40. The molecule has 2 aliphatic rings. The monoisotopic (exact) mass is 650 g/mol. The largest absolute Gasteiger partial charge is 0.398 e. The number of aromatic nitrogens is 4. The maximum atomic E-state index is 16.0. The van der Waals surface area contributed by atoms with Crippen molar-refractivity contribution in [1.82, 2.24) is 24.4 Å². The Balaban J connectivity index is 1.65. The molecule has 1 aliphatic carbocycles.